The minimum Gasteiger partial charge on any atom is -0.397 e. The molecule has 9 heteroatoms. The summed E-state index contributed by atoms with van der Waals surface area (Å²) in [7, 11) is 2.15. The Kier molecular flexibility index (Phi) is 4.67. The quantitative estimate of drug-likeness (QED) is 0.524. The van der Waals surface area contributed by atoms with Crippen LogP contribution in [-0.2, 0) is 0 Å². The highest BCUT2D eigenvalue weighted by molar-refractivity contribution is 5.89. The Labute approximate surface area is 179 Å². The number of aromatic nitrogens is 5. The first-order valence-electron chi connectivity index (χ1n) is 10.2. The van der Waals surface area contributed by atoms with Crippen molar-refractivity contribution in [3.63, 3.8) is 0 Å². The fourth-order valence-corrected chi connectivity index (χ4v) is 3.90. The number of nitrogens with two attached hydrogens (primary N) is 1. The second-order valence-electron chi connectivity index (χ2n) is 7.94. The summed E-state index contributed by atoms with van der Waals surface area (Å²) in [6.45, 7) is 6.00. The molecule has 1 fully saturated rings. The van der Waals surface area contributed by atoms with Crippen molar-refractivity contribution in [1.29, 1.82) is 0 Å². The number of nitrogen functional groups attached to an aromatic ring is 1. The van der Waals surface area contributed by atoms with Crippen molar-refractivity contribution in [2.45, 2.75) is 6.92 Å². The van der Waals surface area contributed by atoms with E-state index in [9.17, 15) is 4.79 Å². The summed E-state index contributed by atoms with van der Waals surface area (Å²) >= 11 is 0. The van der Waals surface area contributed by atoms with Crippen molar-refractivity contribution in [3.8, 4) is 16.9 Å². The van der Waals surface area contributed by atoms with E-state index >= 15 is 0 Å². The van der Waals surface area contributed by atoms with Gasteiger partial charge in [0.25, 0.3) is 5.56 Å². The summed E-state index contributed by atoms with van der Waals surface area (Å²) in [5, 5.41) is 12.0. The summed E-state index contributed by atoms with van der Waals surface area (Å²) in [6.07, 6.45) is 3.16. The van der Waals surface area contributed by atoms with Crippen LogP contribution in [0.1, 0.15) is 5.56 Å². The fourth-order valence-electron chi connectivity index (χ4n) is 3.90. The Morgan fingerprint density at radius 3 is 2.55 bits per heavy atom. The SMILES string of the molecule is Cc1c(N)cncc1-n1nc2c(-c3ccc(N4CCN(C)CC4)cc3)n[nH]c2cc1=O. The molecular formula is C22H24N8O. The molecule has 4 heterocycles. The molecule has 5 rings (SSSR count). The number of nitrogens with zero attached hydrogens (tertiary/aromatic N) is 6. The van der Waals surface area contributed by atoms with Gasteiger partial charge >= 0.3 is 0 Å². The summed E-state index contributed by atoms with van der Waals surface area (Å²) < 4.78 is 1.33. The Hall–Kier alpha value is -3.72. The maximum absolute atomic E-state index is 12.7. The number of anilines is 2. The van der Waals surface area contributed by atoms with Crippen LogP contribution in [0, 0.1) is 6.92 Å². The van der Waals surface area contributed by atoms with Gasteiger partial charge in [-0.2, -0.15) is 14.9 Å². The third-order valence-corrected chi connectivity index (χ3v) is 5.91. The van der Waals surface area contributed by atoms with Gasteiger partial charge in [0.1, 0.15) is 11.2 Å². The van der Waals surface area contributed by atoms with Gasteiger partial charge in [-0.15, -0.1) is 0 Å². The fraction of sp³-hybridized carbons (Fsp3) is 0.273. The second kappa shape index (κ2) is 7.51. The van der Waals surface area contributed by atoms with Crippen molar-refractivity contribution in [2.75, 3.05) is 43.9 Å². The minimum absolute atomic E-state index is 0.274. The average molecular weight is 416 g/mol. The smallest absolute Gasteiger partial charge is 0.273 e. The summed E-state index contributed by atoms with van der Waals surface area (Å²) in [4.78, 5) is 21.5. The first kappa shape index (κ1) is 19.3. The average Bonchev–Trinajstić information content (AvgIpc) is 3.18. The maximum Gasteiger partial charge on any atom is 0.273 e. The first-order chi connectivity index (χ1) is 15.0. The molecule has 3 aromatic heterocycles. The number of nitrogens with one attached hydrogen (secondary N) is 1. The van der Waals surface area contributed by atoms with Crippen LogP contribution in [0.3, 0.4) is 0 Å². The molecule has 1 saturated heterocycles. The van der Waals surface area contributed by atoms with Gasteiger partial charge in [-0.05, 0) is 26.1 Å². The number of pyridine rings is 1. The molecular weight excluding hydrogens is 392 g/mol. The number of aromatic amines is 1. The van der Waals surface area contributed by atoms with E-state index in [-0.39, 0.29) is 5.56 Å². The Bertz CT molecular complexity index is 1300. The van der Waals surface area contributed by atoms with E-state index in [0.29, 0.717) is 28.1 Å². The zero-order chi connectivity index (χ0) is 21.5. The first-order valence-corrected chi connectivity index (χ1v) is 10.2. The van der Waals surface area contributed by atoms with Crippen LogP contribution >= 0.6 is 0 Å². The van der Waals surface area contributed by atoms with E-state index in [1.807, 2.05) is 19.1 Å². The lowest BCUT2D eigenvalue weighted by atomic mass is 10.1. The molecule has 0 atom stereocenters. The molecule has 0 bridgehead atoms. The number of hydrogen-bond acceptors (Lipinski definition) is 7. The highest BCUT2D eigenvalue weighted by Gasteiger charge is 2.17. The van der Waals surface area contributed by atoms with Crippen LogP contribution in [0.15, 0.2) is 47.5 Å². The van der Waals surface area contributed by atoms with Crippen molar-refractivity contribution < 1.29 is 0 Å². The van der Waals surface area contributed by atoms with Crippen molar-refractivity contribution in [2.24, 2.45) is 0 Å². The van der Waals surface area contributed by atoms with Crippen LogP contribution in [-0.4, -0.2) is 63.1 Å². The second-order valence-corrected chi connectivity index (χ2v) is 7.94. The molecule has 158 valence electrons. The van der Waals surface area contributed by atoms with E-state index in [0.717, 1.165) is 37.3 Å². The van der Waals surface area contributed by atoms with Crippen LogP contribution in [0.25, 0.3) is 28.0 Å². The normalized spacial score (nSPS) is 15.0. The lowest BCUT2D eigenvalue weighted by Crippen LogP contribution is -2.44. The van der Waals surface area contributed by atoms with Crippen LogP contribution in [0.2, 0.25) is 0 Å². The monoisotopic (exact) mass is 416 g/mol. The number of H-pyrrole nitrogens is 1. The van der Waals surface area contributed by atoms with E-state index in [1.54, 1.807) is 12.4 Å². The van der Waals surface area contributed by atoms with E-state index < -0.39 is 0 Å². The van der Waals surface area contributed by atoms with Gasteiger partial charge in [-0.25, -0.2) is 0 Å². The topological polar surface area (TPSA) is 109 Å². The third-order valence-electron chi connectivity index (χ3n) is 5.91. The van der Waals surface area contributed by atoms with E-state index in [1.165, 1.54) is 16.4 Å². The van der Waals surface area contributed by atoms with Crippen molar-refractivity contribution in [3.05, 3.63) is 58.6 Å². The molecule has 0 aliphatic carbocycles. The molecule has 4 aromatic rings. The number of fused-ring (bicyclic) bond motifs is 1. The maximum atomic E-state index is 12.7. The van der Waals surface area contributed by atoms with Gasteiger partial charge in [0.2, 0.25) is 0 Å². The van der Waals surface area contributed by atoms with Crippen molar-refractivity contribution >= 4 is 22.4 Å². The van der Waals surface area contributed by atoms with Crippen LogP contribution in [0.5, 0.6) is 0 Å². The highest BCUT2D eigenvalue weighted by atomic mass is 16.1. The van der Waals surface area contributed by atoms with Gasteiger partial charge in [-0.1, -0.05) is 12.1 Å². The highest BCUT2D eigenvalue weighted by Crippen LogP contribution is 2.27. The zero-order valence-electron chi connectivity index (χ0n) is 17.5. The molecule has 1 aliphatic heterocycles. The van der Waals surface area contributed by atoms with Crippen LogP contribution < -0.4 is 16.2 Å². The van der Waals surface area contributed by atoms with Gasteiger partial charge < -0.3 is 15.5 Å². The van der Waals surface area contributed by atoms with Gasteiger partial charge in [-0.3, -0.25) is 14.9 Å². The molecule has 0 spiro atoms. The third kappa shape index (κ3) is 3.42. The minimum atomic E-state index is -0.274. The Balaban J connectivity index is 1.54. The number of hydrogen-bond donors (Lipinski definition) is 2. The lowest BCUT2D eigenvalue weighted by molar-refractivity contribution is 0.313. The standard InChI is InChI=1S/C22H24N8O/c1-14-17(23)12-24-13-19(14)30-20(31)11-18-22(27-30)21(26-25-18)15-3-5-16(6-4-15)29-9-7-28(2)8-10-29/h3-6,11-13,25H,7-10,23H2,1-2H3. The van der Waals surface area contributed by atoms with E-state index in [2.05, 4.69) is 49.3 Å². The van der Waals surface area contributed by atoms with Crippen LogP contribution in [0.4, 0.5) is 11.4 Å². The predicted molar refractivity (Wildman–Crippen MR) is 122 cm³/mol. The van der Waals surface area contributed by atoms with Crippen molar-refractivity contribution in [1.82, 2.24) is 29.9 Å². The number of piperazine rings is 1. The van der Waals surface area contributed by atoms with Gasteiger partial charge in [0.05, 0.1) is 29.3 Å². The number of rotatable bonds is 3. The van der Waals surface area contributed by atoms with Gasteiger partial charge in [0.15, 0.2) is 0 Å². The predicted octanol–water partition coefficient (Wildman–Crippen LogP) is 1.81. The molecule has 0 amide bonds. The van der Waals surface area contributed by atoms with E-state index in [4.69, 9.17) is 5.73 Å². The molecule has 3 N–H and O–H groups in total. The molecule has 1 aliphatic rings. The summed E-state index contributed by atoms with van der Waals surface area (Å²) in [6, 6.07) is 9.83. The molecule has 0 radical (unpaired) electrons. The zero-order valence-corrected chi connectivity index (χ0v) is 17.5. The number of benzene rings is 1. The molecule has 0 saturated carbocycles. The lowest BCUT2D eigenvalue weighted by Gasteiger charge is -2.34. The number of likely N-dealkylation sites (N-methyl/N-ethyl adjacent to an activating group) is 1. The molecule has 31 heavy (non-hydrogen) atoms. The van der Waals surface area contributed by atoms with Gasteiger partial charge in [0, 0.05) is 49.1 Å². The molecule has 0 unspecified atom stereocenters. The largest absolute Gasteiger partial charge is 0.397 e. The Morgan fingerprint density at radius 1 is 1.06 bits per heavy atom. The molecule has 1 aromatic carbocycles. The summed E-state index contributed by atoms with van der Waals surface area (Å²) in [5.41, 5.74) is 11.6. The Morgan fingerprint density at radius 2 is 1.81 bits per heavy atom. The summed E-state index contributed by atoms with van der Waals surface area (Å²) in [5.74, 6) is 0. The molecule has 9 nitrogen and oxygen atoms in total.